The van der Waals surface area contributed by atoms with Crippen LogP contribution in [-0.2, 0) is 19.1 Å². The van der Waals surface area contributed by atoms with Gasteiger partial charge in [-0.15, -0.1) is 0 Å². The molecule has 0 N–H and O–H groups in total. The second kappa shape index (κ2) is 5.72. The highest BCUT2D eigenvalue weighted by molar-refractivity contribution is 6.01. The predicted octanol–water partition coefficient (Wildman–Crippen LogP) is 2.14. The summed E-state index contributed by atoms with van der Waals surface area (Å²) in [7, 11) is 2.56. The van der Waals surface area contributed by atoms with Gasteiger partial charge < -0.3 is 9.47 Å². The maximum atomic E-state index is 12.2. The van der Waals surface area contributed by atoms with Crippen molar-refractivity contribution < 1.29 is 19.1 Å². The van der Waals surface area contributed by atoms with Crippen LogP contribution < -0.4 is 0 Å². The highest BCUT2D eigenvalue weighted by Crippen LogP contribution is 2.50. The minimum atomic E-state index is -1.26. The first-order chi connectivity index (χ1) is 9.98. The molecule has 0 heterocycles. The Labute approximate surface area is 124 Å². The van der Waals surface area contributed by atoms with E-state index in [4.69, 9.17) is 14.7 Å². The summed E-state index contributed by atoms with van der Waals surface area (Å²) in [5, 5.41) is 9.08. The second-order valence-electron chi connectivity index (χ2n) is 5.68. The first-order valence-electron chi connectivity index (χ1n) is 6.91. The van der Waals surface area contributed by atoms with Crippen molar-refractivity contribution in [2.75, 3.05) is 14.2 Å². The van der Waals surface area contributed by atoms with Crippen LogP contribution in [0.2, 0.25) is 0 Å². The lowest BCUT2D eigenvalue weighted by Gasteiger charge is -2.22. The lowest BCUT2D eigenvalue weighted by Crippen LogP contribution is -2.39. The molecular formula is C16H19NO4. The highest BCUT2D eigenvalue weighted by atomic mass is 16.5. The van der Waals surface area contributed by atoms with Gasteiger partial charge in [-0.25, -0.2) is 0 Å². The monoisotopic (exact) mass is 289 g/mol. The molecule has 21 heavy (non-hydrogen) atoms. The first-order valence-corrected chi connectivity index (χ1v) is 6.91. The van der Waals surface area contributed by atoms with E-state index >= 15 is 0 Å². The van der Waals surface area contributed by atoms with E-state index in [0.29, 0.717) is 19.3 Å². The molecule has 0 aromatic rings. The molecule has 1 fully saturated rings. The SMILES string of the molecule is COC(=O)C1(C(=O)OC)CC2=C(C)C[C@@H](C#N)C=C[C@H]2C1. The number of carbonyl (C=O) groups excluding carboxylic acids is 2. The van der Waals surface area contributed by atoms with E-state index in [2.05, 4.69) is 6.07 Å². The number of fused-ring (bicyclic) bond motifs is 1. The second-order valence-corrected chi connectivity index (χ2v) is 5.68. The number of allylic oxidation sites excluding steroid dienone is 4. The Kier molecular flexibility index (Phi) is 4.17. The van der Waals surface area contributed by atoms with Crippen LogP contribution >= 0.6 is 0 Å². The molecule has 0 saturated heterocycles. The fraction of sp³-hybridized carbons (Fsp3) is 0.562. The average molecular weight is 289 g/mol. The van der Waals surface area contributed by atoms with E-state index < -0.39 is 17.4 Å². The molecule has 2 aliphatic carbocycles. The van der Waals surface area contributed by atoms with Crippen LogP contribution in [-0.4, -0.2) is 26.2 Å². The summed E-state index contributed by atoms with van der Waals surface area (Å²) in [6.45, 7) is 1.96. The van der Waals surface area contributed by atoms with Gasteiger partial charge in [-0.1, -0.05) is 23.3 Å². The fourth-order valence-corrected chi connectivity index (χ4v) is 3.35. The van der Waals surface area contributed by atoms with E-state index in [1.807, 2.05) is 19.1 Å². The zero-order valence-electron chi connectivity index (χ0n) is 12.5. The molecule has 2 atom stereocenters. The summed E-state index contributed by atoms with van der Waals surface area (Å²) in [5.74, 6) is -1.25. The van der Waals surface area contributed by atoms with Crippen molar-refractivity contribution in [1.29, 1.82) is 5.26 Å². The lowest BCUT2D eigenvalue weighted by molar-refractivity contribution is -0.168. The van der Waals surface area contributed by atoms with Crippen molar-refractivity contribution in [3.05, 3.63) is 23.3 Å². The molecule has 5 heteroatoms. The maximum absolute atomic E-state index is 12.2. The Morgan fingerprint density at radius 1 is 1.29 bits per heavy atom. The zero-order valence-corrected chi connectivity index (χ0v) is 12.5. The summed E-state index contributed by atoms with van der Waals surface area (Å²) < 4.78 is 9.67. The third kappa shape index (κ3) is 2.46. The molecule has 0 amide bonds. The van der Waals surface area contributed by atoms with E-state index in [-0.39, 0.29) is 11.8 Å². The number of nitrogens with zero attached hydrogens (tertiary/aromatic N) is 1. The quantitative estimate of drug-likeness (QED) is 0.442. The summed E-state index contributed by atoms with van der Waals surface area (Å²) in [6, 6.07) is 2.25. The highest BCUT2D eigenvalue weighted by Gasteiger charge is 2.55. The maximum Gasteiger partial charge on any atom is 0.323 e. The number of nitriles is 1. The van der Waals surface area contributed by atoms with Crippen molar-refractivity contribution in [1.82, 2.24) is 0 Å². The molecule has 0 aliphatic heterocycles. The van der Waals surface area contributed by atoms with Crippen LogP contribution in [0.25, 0.3) is 0 Å². The fourth-order valence-electron chi connectivity index (χ4n) is 3.35. The van der Waals surface area contributed by atoms with Crippen LogP contribution in [0, 0.1) is 28.6 Å². The predicted molar refractivity (Wildman–Crippen MR) is 74.7 cm³/mol. The van der Waals surface area contributed by atoms with Gasteiger partial charge in [0.1, 0.15) is 0 Å². The first kappa shape index (κ1) is 15.3. The van der Waals surface area contributed by atoms with Gasteiger partial charge >= 0.3 is 11.9 Å². The standard InChI is InChI=1S/C16H19NO4/c1-10-6-11(9-17)4-5-12-7-16(8-13(10)12,14(18)20-2)15(19)21-3/h4-5,11-12H,6-8H2,1-3H3/t11-,12-/m0/s1. The third-order valence-electron chi connectivity index (χ3n) is 4.48. The number of esters is 2. The molecule has 112 valence electrons. The molecule has 1 saturated carbocycles. The van der Waals surface area contributed by atoms with E-state index in [1.165, 1.54) is 14.2 Å². The third-order valence-corrected chi connectivity index (χ3v) is 4.48. The largest absolute Gasteiger partial charge is 0.468 e. The van der Waals surface area contributed by atoms with Crippen molar-refractivity contribution in [2.45, 2.75) is 26.2 Å². The number of ether oxygens (including phenoxy) is 2. The van der Waals surface area contributed by atoms with Gasteiger partial charge in [-0.3, -0.25) is 9.59 Å². The van der Waals surface area contributed by atoms with Crippen LogP contribution in [0.5, 0.6) is 0 Å². The Hall–Kier alpha value is -2.09. The van der Waals surface area contributed by atoms with Gasteiger partial charge in [-0.2, -0.15) is 5.26 Å². The van der Waals surface area contributed by atoms with Gasteiger partial charge in [0.15, 0.2) is 5.41 Å². The average Bonchev–Trinajstić information content (AvgIpc) is 2.84. The zero-order chi connectivity index (χ0) is 15.6. The van der Waals surface area contributed by atoms with Crippen LogP contribution in [0.4, 0.5) is 0 Å². The normalized spacial score (nSPS) is 26.6. The molecule has 0 aromatic heterocycles. The topological polar surface area (TPSA) is 76.4 Å². The smallest absolute Gasteiger partial charge is 0.323 e. The molecular weight excluding hydrogens is 270 g/mol. The van der Waals surface area contributed by atoms with Gasteiger partial charge in [0.05, 0.1) is 26.2 Å². The lowest BCUT2D eigenvalue weighted by atomic mass is 9.84. The minimum Gasteiger partial charge on any atom is -0.468 e. The van der Waals surface area contributed by atoms with Gasteiger partial charge in [0.2, 0.25) is 0 Å². The van der Waals surface area contributed by atoms with Crippen molar-refractivity contribution in [3.63, 3.8) is 0 Å². The summed E-state index contributed by atoms with van der Waals surface area (Å²) in [4.78, 5) is 24.3. The van der Waals surface area contributed by atoms with Gasteiger partial charge in [-0.05, 0) is 32.1 Å². The summed E-state index contributed by atoms with van der Waals surface area (Å²) in [5.41, 5.74) is 0.875. The van der Waals surface area contributed by atoms with Crippen LogP contribution in [0.15, 0.2) is 23.3 Å². The van der Waals surface area contributed by atoms with Crippen molar-refractivity contribution >= 4 is 11.9 Å². The molecule has 0 bridgehead atoms. The van der Waals surface area contributed by atoms with E-state index in [9.17, 15) is 9.59 Å². The minimum absolute atomic E-state index is 0.0125. The summed E-state index contributed by atoms with van der Waals surface area (Å²) in [6.07, 6.45) is 5.09. The summed E-state index contributed by atoms with van der Waals surface area (Å²) >= 11 is 0. The Balaban J connectivity index is 2.42. The molecule has 0 spiro atoms. The van der Waals surface area contributed by atoms with Crippen LogP contribution in [0.1, 0.15) is 26.2 Å². The van der Waals surface area contributed by atoms with E-state index in [1.54, 1.807) is 0 Å². The number of methoxy groups -OCH3 is 2. The number of carbonyl (C=O) groups is 2. The Morgan fingerprint density at radius 2 is 1.90 bits per heavy atom. The van der Waals surface area contributed by atoms with Crippen LogP contribution in [0.3, 0.4) is 0 Å². The Morgan fingerprint density at radius 3 is 2.43 bits per heavy atom. The number of rotatable bonds is 2. The molecule has 0 aromatic carbocycles. The molecule has 2 rings (SSSR count). The van der Waals surface area contributed by atoms with Gasteiger partial charge in [0, 0.05) is 0 Å². The molecule has 0 unspecified atom stereocenters. The molecule has 0 radical (unpaired) electrons. The van der Waals surface area contributed by atoms with Crippen molar-refractivity contribution in [3.8, 4) is 6.07 Å². The number of hydrogen-bond acceptors (Lipinski definition) is 5. The van der Waals surface area contributed by atoms with E-state index in [0.717, 1.165) is 11.1 Å². The van der Waals surface area contributed by atoms with Gasteiger partial charge in [0.25, 0.3) is 0 Å². The molecule has 2 aliphatic rings. The number of hydrogen-bond donors (Lipinski definition) is 0. The molecule has 5 nitrogen and oxygen atoms in total. The Bertz CT molecular complexity index is 551. The van der Waals surface area contributed by atoms with Crippen molar-refractivity contribution in [2.24, 2.45) is 17.3 Å².